The van der Waals surface area contributed by atoms with Crippen molar-refractivity contribution in [2.24, 2.45) is 16.7 Å². The van der Waals surface area contributed by atoms with E-state index in [2.05, 4.69) is 0 Å². The van der Waals surface area contributed by atoms with Crippen LogP contribution in [0.4, 0.5) is 0 Å². The van der Waals surface area contributed by atoms with Gasteiger partial charge in [-0.1, -0.05) is 32.1 Å². The van der Waals surface area contributed by atoms with Crippen molar-refractivity contribution in [3.05, 3.63) is 0 Å². The molecular weight excluding hydrogens is 276 g/mol. The van der Waals surface area contributed by atoms with E-state index >= 15 is 0 Å². The summed E-state index contributed by atoms with van der Waals surface area (Å²) < 4.78 is 0. The van der Waals surface area contributed by atoms with Crippen LogP contribution in [-0.2, 0) is 14.4 Å². The minimum absolute atomic E-state index is 0.0968. The molecule has 0 bridgehead atoms. The number of carbonyl (C=O) groups is 3. The van der Waals surface area contributed by atoms with Crippen LogP contribution in [0.25, 0.3) is 0 Å². The van der Waals surface area contributed by atoms with Crippen LogP contribution in [0.2, 0.25) is 0 Å². The fourth-order valence-electron chi connectivity index (χ4n) is 4.53. The SMILES string of the molecule is O=C(O)C1(C(=O)O)CCCCC1(C(=O)O)C1CCCCC1. The Balaban J connectivity index is 2.60. The van der Waals surface area contributed by atoms with E-state index in [1.807, 2.05) is 0 Å². The number of hydrogen-bond donors (Lipinski definition) is 3. The molecule has 0 saturated heterocycles. The predicted molar refractivity (Wildman–Crippen MR) is 72.8 cm³/mol. The molecule has 2 aliphatic rings. The van der Waals surface area contributed by atoms with Gasteiger partial charge >= 0.3 is 17.9 Å². The molecule has 2 fully saturated rings. The van der Waals surface area contributed by atoms with Crippen LogP contribution in [0.15, 0.2) is 0 Å². The minimum atomic E-state index is -2.20. The first kappa shape index (κ1) is 15.8. The van der Waals surface area contributed by atoms with Gasteiger partial charge in [-0.15, -0.1) is 0 Å². The van der Waals surface area contributed by atoms with Gasteiger partial charge in [-0.25, -0.2) is 0 Å². The van der Waals surface area contributed by atoms with Gasteiger partial charge in [0.2, 0.25) is 0 Å². The van der Waals surface area contributed by atoms with Crippen LogP contribution in [0.5, 0.6) is 0 Å². The highest BCUT2D eigenvalue weighted by Gasteiger charge is 2.69. The molecule has 1 atom stereocenters. The Morgan fingerprint density at radius 3 is 1.71 bits per heavy atom. The van der Waals surface area contributed by atoms with Gasteiger partial charge in [0.05, 0.1) is 5.41 Å². The lowest BCUT2D eigenvalue weighted by atomic mass is 9.49. The van der Waals surface area contributed by atoms with Crippen molar-refractivity contribution < 1.29 is 29.7 Å². The number of rotatable bonds is 4. The number of carboxylic acid groups (broad SMARTS) is 3. The lowest BCUT2D eigenvalue weighted by Gasteiger charge is -2.50. The summed E-state index contributed by atoms with van der Waals surface area (Å²) in [7, 11) is 0. The number of aliphatic carboxylic acids is 3. The third-order valence-corrected chi connectivity index (χ3v) is 5.55. The van der Waals surface area contributed by atoms with Crippen molar-refractivity contribution in [2.45, 2.75) is 57.8 Å². The first-order valence-electron chi connectivity index (χ1n) is 7.60. The monoisotopic (exact) mass is 298 g/mol. The Morgan fingerprint density at radius 2 is 1.24 bits per heavy atom. The summed E-state index contributed by atoms with van der Waals surface area (Å²) in [5.74, 6) is -4.61. The summed E-state index contributed by atoms with van der Waals surface area (Å²) in [6, 6.07) is 0. The fraction of sp³-hybridized carbons (Fsp3) is 0.800. The second-order valence-corrected chi connectivity index (χ2v) is 6.33. The molecule has 0 aromatic carbocycles. The summed E-state index contributed by atoms with van der Waals surface area (Å²) in [6.07, 6.45) is 4.96. The van der Waals surface area contributed by atoms with Crippen LogP contribution in [-0.4, -0.2) is 33.2 Å². The molecule has 0 radical (unpaired) electrons. The Labute approximate surface area is 123 Å². The molecule has 2 saturated carbocycles. The summed E-state index contributed by atoms with van der Waals surface area (Å²) in [4.78, 5) is 35.7. The largest absolute Gasteiger partial charge is 0.481 e. The summed E-state index contributed by atoms with van der Waals surface area (Å²) in [5.41, 5.74) is -3.87. The van der Waals surface area contributed by atoms with Gasteiger partial charge in [0.15, 0.2) is 5.41 Å². The van der Waals surface area contributed by atoms with E-state index in [1.165, 1.54) is 0 Å². The Morgan fingerprint density at radius 1 is 0.714 bits per heavy atom. The predicted octanol–water partition coefficient (Wildman–Crippen LogP) is 2.37. The van der Waals surface area contributed by atoms with Crippen LogP contribution in [0.1, 0.15) is 57.8 Å². The second kappa shape index (κ2) is 5.66. The van der Waals surface area contributed by atoms with Crippen LogP contribution in [0, 0.1) is 16.7 Å². The maximum atomic E-state index is 12.1. The highest BCUT2D eigenvalue weighted by atomic mass is 16.4. The maximum Gasteiger partial charge on any atom is 0.322 e. The molecule has 0 amide bonds. The molecular formula is C15H22O6. The van der Waals surface area contributed by atoms with Crippen molar-refractivity contribution in [2.75, 3.05) is 0 Å². The van der Waals surface area contributed by atoms with Gasteiger partial charge in [-0.05, 0) is 31.6 Å². The zero-order valence-corrected chi connectivity index (χ0v) is 12.0. The van der Waals surface area contributed by atoms with Crippen molar-refractivity contribution in [1.29, 1.82) is 0 Å². The van der Waals surface area contributed by atoms with E-state index < -0.39 is 28.7 Å². The van der Waals surface area contributed by atoms with E-state index in [0.29, 0.717) is 25.7 Å². The van der Waals surface area contributed by atoms with E-state index in [0.717, 1.165) is 19.3 Å². The third kappa shape index (κ3) is 2.12. The first-order valence-corrected chi connectivity index (χ1v) is 7.60. The summed E-state index contributed by atoms with van der Waals surface area (Å²) in [5, 5.41) is 29.1. The van der Waals surface area contributed by atoms with Gasteiger partial charge in [0.1, 0.15) is 0 Å². The molecule has 0 spiro atoms. The van der Waals surface area contributed by atoms with Crippen LogP contribution < -0.4 is 0 Å². The molecule has 0 aromatic heterocycles. The maximum absolute atomic E-state index is 12.1. The molecule has 6 heteroatoms. The molecule has 118 valence electrons. The Bertz CT molecular complexity index is 437. The Kier molecular flexibility index (Phi) is 4.25. The molecule has 0 heterocycles. The molecule has 0 aliphatic heterocycles. The van der Waals surface area contributed by atoms with E-state index in [1.54, 1.807) is 0 Å². The van der Waals surface area contributed by atoms with Crippen molar-refractivity contribution in [1.82, 2.24) is 0 Å². The summed E-state index contributed by atoms with van der Waals surface area (Å²) in [6.45, 7) is 0. The van der Waals surface area contributed by atoms with Gasteiger partial charge < -0.3 is 15.3 Å². The molecule has 0 aromatic rings. The van der Waals surface area contributed by atoms with E-state index in [9.17, 15) is 29.7 Å². The van der Waals surface area contributed by atoms with Gasteiger partial charge in [-0.3, -0.25) is 14.4 Å². The lowest BCUT2D eigenvalue weighted by molar-refractivity contribution is -0.199. The normalized spacial score (nSPS) is 29.7. The average molecular weight is 298 g/mol. The van der Waals surface area contributed by atoms with E-state index in [-0.39, 0.29) is 18.8 Å². The standard InChI is InChI=1S/C15H22O6/c16-11(17)14(10-6-2-1-3-7-10)8-4-5-9-15(14,12(18)19)13(20)21/h10H,1-9H2,(H,16,17)(H,18,19)(H,20,21). The minimum Gasteiger partial charge on any atom is -0.481 e. The van der Waals surface area contributed by atoms with Crippen molar-refractivity contribution in [3.63, 3.8) is 0 Å². The third-order valence-electron chi connectivity index (χ3n) is 5.55. The zero-order chi connectivity index (χ0) is 15.7. The highest BCUT2D eigenvalue weighted by molar-refractivity contribution is 6.04. The highest BCUT2D eigenvalue weighted by Crippen LogP contribution is 2.58. The van der Waals surface area contributed by atoms with Crippen molar-refractivity contribution >= 4 is 17.9 Å². The zero-order valence-electron chi connectivity index (χ0n) is 12.0. The molecule has 2 rings (SSSR count). The van der Waals surface area contributed by atoms with Crippen molar-refractivity contribution in [3.8, 4) is 0 Å². The topological polar surface area (TPSA) is 112 Å². The molecule has 21 heavy (non-hydrogen) atoms. The molecule has 2 aliphatic carbocycles. The quantitative estimate of drug-likeness (QED) is 0.687. The molecule has 1 unspecified atom stereocenters. The second-order valence-electron chi connectivity index (χ2n) is 6.33. The van der Waals surface area contributed by atoms with Gasteiger partial charge in [0.25, 0.3) is 0 Å². The van der Waals surface area contributed by atoms with Crippen LogP contribution >= 0.6 is 0 Å². The average Bonchev–Trinajstić information content (AvgIpc) is 2.47. The first-order chi connectivity index (χ1) is 9.89. The molecule has 3 N–H and O–H groups in total. The van der Waals surface area contributed by atoms with E-state index in [4.69, 9.17) is 0 Å². The van der Waals surface area contributed by atoms with Crippen LogP contribution in [0.3, 0.4) is 0 Å². The summed E-state index contributed by atoms with van der Waals surface area (Å²) >= 11 is 0. The lowest BCUT2D eigenvalue weighted by Crippen LogP contribution is -2.62. The van der Waals surface area contributed by atoms with Gasteiger partial charge in [-0.2, -0.15) is 0 Å². The Hall–Kier alpha value is -1.59. The van der Waals surface area contributed by atoms with Gasteiger partial charge in [0, 0.05) is 0 Å². The smallest absolute Gasteiger partial charge is 0.322 e. The fourth-order valence-corrected chi connectivity index (χ4v) is 4.53. The molecule has 6 nitrogen and oxygen atoms in total. The number of hydrogen-bond acceptors (Lipinski definition) is 3. The number of carboxylic acids is 3.